The van der Waals surface area contributed by atoms with Crippen molar-refractivity contribution in [2.45, 2.75) is 26.2 Å². The predicted octanol–water partition coefficient (Wildman–Crippen LogP) is 2.47. The molecule has 2 N–H and O–H groups in total. The van der Waals surface area contributed by atoms with Crippen LogP contribution in [0.15, 0.2) is 24.3 Å². The fourth-order valence-electron chi connectivity index (χ4n) is 2.60. The average Bonchev–Trinajstić information content (AvgIpc) is 2.56. The number of nitrogens with one attached hydrogen (secondary N) is 2. The summed E-state index contributed by atoms with van der Waals surface area (Å²) in [5, 5.41) is 5.53. The second-order valence-electron chi connectivity index (χ2n) is 5.58. The minimum atomic E-state index is -0.494. The van der Waals surface area contributed by atoms with Crippen molar-refractivity contribution >= 4 is 17.7 Å². The lowest BCUT2D eigenvalue weighted by molar-refractivity contribution is 0.0946. The Labute approximate surface area is 137 Å². The van der Waals surface area contributed by atoms with E-state index in [1.165, 1.54) is 19.3 Å². The minimum absolute atomic E-state index is 0.0929. The van der Waals surface area contributed by atoms with E-state index in [0.29, 0.717) is 24.4 Å². The summed E-state index contributed by atoms with van der Waals surface area (Å²) in [6.45, 7) is 5.88. The molecule has 0 saturated carbocycles. The topological polar surface area (TPSA) is 70.7 Å². The van der Waals surface area contributed by atoms with Crippen LogP contribution in [0.4, 0.5) is 10.5 Å². The van der Waals surface area contributed by atoms with Crippen LogP contribution >= 0.6 is 0 Å². The van der Waals surface area contributed by atoms with Crippen LogP contribution < -0.4 is 10.6 Å². The third-order valence-electron chi connectivity index (χ3n) is 3.83. The highest BCUT2D eigenvalue weighted by Gasteiger charge is 2.11. The number of anilines is 1. The summed E-state index contributed by atoms with van der Waals surface area (Å²) in [6, 6.07) is 6.77. The minimum Gasteiger partial charge on any atom is -0.450 e. The standard InChI is InChI=1S/C17H25N3O3/c1-2-23-17(22)19-15-8-6-14(7-9-15)16(21)18-10-13-20-11-4-3-5-12-20/h6-9H,2-5,10-13H2,1H3,(H,18,21)(H,19,22). The molecule has 0 unspecified atom stereocenters. The van der Waals surface area contributed by atoms with Gasteiger partial charge in [0.25, 0.3) is 5.91 Å². The lowest BCUT2D eigenvalue weighted by Crippen LogP contribution is -2.37. The van der Waals surface area contributed by atoms with Crippen molar-refractivity contribution in [3.63, 3.8) is 0 Å². The van der Waals surface area contributed by atoms with Crippen LogP contribution in [0.5, 0.6) is 0 Å². The van der Waals surface area contributed by atoms with Crippen molar-refractivity contribution in [3.05, 3.63) is 29.8 Å². The molecule has 0 atom stereocenters. The maximum Gasteiger partial charge on any atom is 0.411 e. The molecule has 1 aliphatic rings. The lowest BCUT2D eigenvalue weighted by Gasteiger charge is -2.26. The average molecular weight is 319 g/mol. The van der Waals surface area contributed by atoms with Gasteiger partial charge in [0.15, 0.2) is 0 Å². The van der Waals surface area contributed by atoms with E-state index in [-0.39, 0.29) is 5.91 Å². The van der Waals surface area contributed by atoms with Gasteiger partial charge in [0.1, 0.15) is 0 Å². The molecule has 1 heterocycles. The number of nitrogens with zero attached hydrogens (tertiary/aromatic N) is 1. The van der Waals surface area contributed by atoms with Gasteiger partial charge in [0.2, 0.25) is 0 Å². The zero-order valence-electron chi connectivity index (χ0n) is 13.6. The van der Waals surface area contributed by atoms with E-state index in [9.17, 15) is 9.59 Å². The van der Waals surface area contributed by atoms with E-state index < -0.39 is 6.09 Å². The van der Waals surface area contributed by atoms with Crippen molar-refractivity contribution in [2.75, 3.05) is 38.1 Å². The molecule has 1 aliphatic heterocycles. The first-order valence-corrected chi connectivity index (χ1v) is 8.23. The molecule has 1 aromatic rings. The monoisotopic (exact) mass is 319 g/mol. The van der Waals surface area contributed by atoms with Gasteiger partial charge in [-0.15, -0.1) is 0 Å². The molecule has 6 nitrogen and oxygen atoms in total. The Morgan fingerprint density at radius 3 is 2.48 bits per heavy atom. The quantitative estimate of drug-likeness (QED) is 0.845. The summed E-state index contributed by atoms with van der Waals surface area (Å²) in [6.07, 6.45) is 3.33. The van der Waals surface area contributed by atoms with Gasteiger partial charge in [-0.1, -0.05) is 6.42 Å². The number of rotatable bonds is 6. The van der Waals surface area contributed by atoms with Gasteiger partial charge in [0, 0.05) is 24.3 Å². The van der Waals surface area contributed by atoms with Crippen LogP contribution in [0.25, 0.3) is 0 Å². The van der Waals surface area contributed by atoms with Crippen molar-refractivity contribution in [2.24, 2.45) is 0 Å². The molecule has 1 aromatic carbocycles. The van der Waals surface area contributed by atoms with Gasteiger partial charge >= 0.3 is 6.09 Å². The first-order valence-electron chi connectivity index (χ1n) is 8.23. The Bertz CT molecular complexity index is 510. The predicted molar refractivity (Wildman–Crippen MR) is 89.7 cm³/mol. The van der Waals surface area contributed by atoms with Gasteiger partial charge in [-0.05, 0) is 57.1 Å². The molecule has 6 heteroatoms. The molecular weight excluding hydrogens is 294 g/mol. The Morgan fingerprint density at radius 1 is 1.13 bits per heavy atom. The van der Waals surface area contributed by atoms with E-state index in [1.54, 1.807) is 31.2 Å². The molecule has 1 fully saturated rings. The molecule has 0 radical (unpaired) electrons. The van der Waals surface area contributed by atoms with E-state index in [4.69, 9.17) is 4.74 Å². The summed E-state index contributed by atoms with van der Waals surface area (Å²) in [5.74, 6) is -0.0929. The highest BCUT2D eigenvalue weighted by molar-refractivity contribution is 5.95. The second kappa shape index (κ2) is 9.15. The number of hydrogen-bond donors (Lipinski definition) is 2. The molecule has 2 amide bonds. The maximum atomic E-state index is 12.1. The Morgan fingerprint density at radius 2 is 1.83 bits per heavy atom. The van der Waals surface area contributed by atoms with Crippen molar-refractivity contribution in [3.8, 4) is 0 Å². The van der Waals surface area contributed by atoms with Crippen LogP contribution in [-0.2, 0) is 4.74 Å². The number of amides is 2. The molecule has 2 rings (SSSR count). The zero-order chi connectivity index (χ0) is 16.5. The van der Waals surface area contributed by atoms with Crippen LogP contribution in [-0.4, -0.2) is 49.7 Å². The third-order valence-corrected chi connectivity index (χ3v) is 3.83. The number of piperidine rings is 1. The van der Waals surface area contributed by atoms with E-state index in [2.05, 4.69) is 15.5 Å². The summed E-state index contributed by atoms with van der Waals surface area (Å²) >= 11 is 0. The summed E-state index contributed by atoms with van der Waals surface area (Å²) in [7, 11) is 0. The highest BCUT2D eigenvalue weighted by atomic mass is 16.5. The van der Waals surface area contributed by atoms with Crippen LogP contribution in [0, 0.1) is 0 Å². The summed E-state index contributed by atoms with van der Waals surface area (Å²) < 4.78 is 4.80. The Balaban J connectivity index is 1.74. The maximum absolute atomic E-state index is 12.1. The highest BCUT2D eigenvalue weighted by Crippen LogP contribution is 2.10. The Hall–Kier alpha value is -2.08. The first kappa shape index (κ1) is 17.3. The SMILES string of the molecule is CCOC(=O)Nc1ccc(C(=O)NCCN2CCCCC2)cc1. The summed E-state index contributed by atoms with van der Waals surface area (Å²) in [5.41, 5.74) is 1.19. The Kier molecular flexibility index (Phi) is 6.87. The summed E-state index contributed by atoms with van der Waals surface area (Å²) in [4.78, 5) is 25.8. The lowest BCUT2D eigenvalue weighted by atomic mass is 10.1. The number of benzene rings is 1. The van der Waals surface area contributed by atoms with Gasteiger partial charge in [-0.2, -0.15) is 0 Å². The van der Waals surface area contributed by atoms with Crippen molar-refractivity contribution in [1.29, 1.82) is 0 Å². The third kappa shape index (κ3) is 5.90. The first-order chi connectivity index (χ1) is 11.2. The fourth-order valence-corrected chi connectivity index (χ4v) is 2.60. The van der Waals surface area contributed by atoms with Gasteiger partial charge in [-0.3, -0.25) is 10.1 Å². The van der Waals surface area contributed by atoms with Gasteiger partial charge in [-0.25, -0.2) is 4.79 Å². The molecule has 23 heavy (non-hydrogen) atoms. The zero-order valence-corrected chi connectivity index (χ0v) is 13.6. The molecule has 126 valence electrons. The number of carbonyl (C=O) groups excluding carboxylic acids is 2. The molecule has 0 aromatic heterocycles. The fraction of sp³-hybridized carbons (Fsp3) is 0.529. The van der Waals surface area contributed by atoms with E-state index >= 15 is 0 Å². The van der Waals surface area contributed by atoms with Gasteiger partial charge < -0.3 is 15.0 Å². The van der Waals surface area contributed by atoms with E-state index in [0.717, 1.165) is 19.6 Å². The van der Waals surface area contributed by atoms with Crippen molar-refractivity contribution in [1.82, 2.24) is 10.2 Å². The van der Waals surface area contributed by atoms with Crippen LogP contribution in [0.1, 0.15) is 36.5 Å². The van der Waals surface area contributed by atoms with Crippen molar-refractivity contribution < 1.29 is 14.3 Å². The molecule has 1 saturated heterocycles. The second-order valence-corrected chi connectivity index (χ2v) is 5.58. The number of ether oxygens (including phenoxy) is 1. The van der Waals surface area contributed by atoms with E-state index in [1.807, 2.05) is 0 Å². The number of carbonyl (C=O) groups is 2. The number of likely N-dealkylation sites (tertiary alicyclic amines) is 1. The largest absolute Gasteiger partial charge is 0.450 e. The molecule has 0 bridgehead atoms. The smallest absolute Gasteiger partial charge is 0.411 e. The molecule has 0 spiro atoms. The molecule has 0 aliphatic carbocycles. The van der Waals surface area contributed by atoms with Crippen LogP contribution in [0.2, 0.25) is 0 Å². The normalized spacial score (nSPS) is 15.0. The molecular formula is C17H25N3O3. The van der Waals surface area contributed by atoms with Crippen LogP contribution in [0.3, 0.4) is 0 Å². The van der Waals surface area contributed by atoms with Gasteiger partial charge in [0.05, 0.1) is 6.61 Å². The number of hydrogen-bond acceptors (Lipinski definition) is 4.